The number of hydrogen-bond acceptors (Lipinski definition) is 4. The summed E-state index contributed by atoms with van der Waals surface area (Å²) in [7, 11) is 1.84. The van der Waals surface area contributed by atoms with E-state index < -0.39 is 0 Å². The number of thiazole rings is 1. The average molecular weight is 269 g/mol. The Morgan fingerprint density at radius 3 is 2.89 bits per heavy atom. The van der Waals surface area contributed by atoms with Gasteiger partial charge in [-0.15, -0.1) is 11.3 Å². The highest BCUT2D eigenvalue weighted by Gasteiger charge is 2.13. The zero-order chi connectivity index (χ0) is 13.4. The predicted molar refractivity (Wildman–Crippen MR) is 75.3 cm³/mol. The molecular formula is C13H23N3OS. The van der Waals surface area contributed by atoms with Crippen molar-refractivity contribution in [1.82, 2.24) is 9.88 Å². The molecule has 0 saturated carbocycles. The van der Waals surface area contributed by atoms with Gasteiger partial charge in [0.2, 0.25) is 5.91 Å². The summed E-state index contributed by atoms with van der Waals surface area (Å²) < 4.78 is 0. The van der Waals surface area contributed by atoms with Crippen LogP contribution in [0.1, 0.15) is 38.3 Å². The fourth-order valence-corrected chi connectivity index (χ4v) is 2.50. The van der Waals surface area contributed by atoms with Gasteiger partial charge in [0.1, 0.15) is 0 Å². The molecule has 1 unspecified atom stereocenters. The number of amides is 1. The van der Waals surface area contributed by atoms with Crippen molar-refractivity contribution < 1.29 is 4.79 Å². The highest BCUT2D eigenvalue weighted by molar-refractivity contribution is 7.07. The Bertz CT molecular complexity index is 340. The third kappa shape index (κ3) is 5.14. The van der Waals surface area contributed by atoms with E-state index in [1.165, 1.54) is 0 Å². The quantitative estimate of drug-likeness (QED) is 0.787. The molecule has 5 heteroatoms. The molecule has 4 nitrogen and oxygen atoms in total. The van der Waals surface area contributed by atoms with E-state index in [1.807, 2.05) is 12.4 Å². The third-order valence-electron chi connectivity index (χ3n) is 3.23. The lowest BCUT2D eigenvalue weighted by molar-refractivity contribution is -0.130. The van der Waals surface area contributed by atoms with Gasteiger partial charge in [0.25, 0.3) is 0 Å². The van der Waals surface area contributed by atoms with Gasteiger partial charge in [-0.2, -0.15) is 0 Å². The molecule has 1 aromatic rings. The topological polar surface area (TPSA) is 59.2 Å². The number of carbonyl (C=O) groups excluding carboxylic acids is 1. The first-order valence-corrected chi connectivity index (χ1v) is 7.42. The number of hydrogen-bond donors (Lipinski definition) is 1. The molecule has 0 bridgehead atoms. The van der Waals surface area contributed by atoms with Crippen molar-refractivity contribution in [2.75, 3.05) is 13.6 Å². The van der Waals surface area contributed by atoms with Crippen LogP contribution in [-0.2, 0) is 11.3 Å². The Kier molecular flexibility index (Phi) is 6.90. The van der Waals surface area contributed by atoms with Gasteiger partial charge in [-0.25, -0.2) is 4.98 Å². The molecule has 0 aromatic carbocycles. The van der Waals surface area contributed by atoms with Crippen molar-refractivity contribution in [1.29, 1.82) is 0 Å². The van der Waals surface area contributed by atoms with Gasteiger partial charge >= 0.3 is 0 Å². The Labute approximate surface area is 113 Å². The molecule has 102 valence electrons. The summed E-state index contributed by atoms with van der Waals surface area (Å²) in [6.45, 7) is 3.47. The van der Waals surface area contributed by atoms with Crippen LogP contribution >= 0.6 is 11.3 Å². The second-order valence-electron chi connectivity index (χ2n) is 4.62. The van der Waals surface area contributed by atoms with Crippen molar-refractivity contribution >= 4 is 17.2 Å². The summed E-state index contributed by atoms with van der Waals surface area (Å²) in [6, 6.07) is 0. The molecule has 0 aliphatic heterocycles. The number of nitrogens with two attached hydrogens (primary N) is 1. The molecule has 2 N–H and O–H groups in total. The minimum Gasteiger partial charge on any atom is -0.340 e. The fourth-order valence-electron chi connectivity index (χ4n) is 1.95. The smallest absolute Gasteiger partial charge is 0.222 e. The van der Waals surface area contributed by atoms with Gasteiger partial charge in [0.05, 0.1) is 17.7 Å². The first-order chi connectivity index (χ1) is 8.67. The van der Waals surface area contributed by atoms with Crippen LogP contribution in [0.2, 0.25) is 0 Å². The van der Waals surface area contributed by atoms with Crippen LogP contribution in [0, 0.1) is 5.92 Å². The molecule has 0 fully saturated rings. The van der Waals surface area contributed by atoms with E-state index >= 15 is 0 Å². The summed E-state index contributed by atoms with van der Waals surface area (Å²) in [5.41, 5.74) is 8.32. The van der Waals surface area contributed by atoms with Crippen molar-refractivity contribution in [3.63, 3.8) is 0 Å². The fraction of sp³-hybridized carbons (Fsp3) is 0.692. The molecule has 0 aliphatic carbocycles. The van der Waals surface area contributed by atoms with E-state index in [1.54, 1.807) is 21.7 Å². The van der Waals surface area contributed by atoms with Crippen molar-refractivity contribution in [2.45, 2.75) is 39.2 Å². The Balaban J connectivity index is 2.31. The summed E-state index contributed by atoms with van der Waals surface area (Å²) in [6.07, 6.45) is 3.66. The van der Waals surface area contributed by atoms with Crippen LogP contribution < -0.4 is 5.73 Å². The number of carbonyl (C=O) groups is 1. The predicted octanol–water partition coefficient (Wildman–Crippen LogP) is 2.26. The van der Waals surface area contributed by atoms with Crippen LogP contribution in [0.5, 0.6) is 0 Å². The minimum absolute atomic E-state index is 0.193. The molecule has 0 spiro atoms. The molecule has 1 atom stereocenters. The normalized spacial score (nSPS) is 12.4. The monoisotopic (exact) mass is 269 g/mol. The lowest BCUT2D eigenvalue weighted by Crippen LogP contribution is -2.26. The van der Waals surface area contributed by atoms with Crippen LogP contribution in [0.25, 0.3) is 0 Å². The highest BCUT2D eigenvalue weighted by Crippen LogP contribution is 2.15. The molecule has 0 radical (unpaired) electrons. The summed E-state index contributed by atoms with van der Waals surface area (Å²) in [5, 5.41) is 1.98. The van der Waals surface area contributed by atoms with Gasteiger partial charge in [-0.3, -0.25) is 4.79 Å². The molecular weight excluding hydrogens is 246 g/mol. The van der Waals surface area contributed by atoms with Crippen LogP contribution in [-0.4, -0.2) is 29.4 Å². The molecule has 0 aliphatic rings. The maximum absolute atomic E-state index is 12.0. The van der Waals surface area contributed by atoms with Crippen LogP contribution in [0.15, 0.2) is 10.9 Å². The summed E-state index contributed by atoms with van der Waals surface area (Å²) in [5.74, 6) is 0.769. The van der Waals surface area contributed by atoms with Gasteiger partial charge in [0, 0.05) is 18.8 Å². The van der Waals surface area contributed by atoms with E-state index in [0.29, 0.717) is 25.4 Å². The SMILES string of the molecule is CCC(CCN)CCC(=O)N(C)Cc1cscn1. The molecule has 18 heavy (non-hydrogen) atoms. The zero-order valence-electron chi connectivity index (χ0n) is 11.3. The standard InChI is InChI=1S/C13H23N3OS/c1-3-11(6-7-14)4-5-13(17)16(2)8-12-9-18-10-15-12/h9-11H,3-8,14H2,1-2H3. The van der Waals surface area contributed by atoms with E-state index in [2.05, 4.69) is 11.9 Å². The third-order valence-corrected chi connectivity index (χ3v) is 3.86. The Morgan fingerprint density at radius 2 is 2.33 bits per heavy atom. The number of rotatable bonds is 8. The molecule has 1 heterocycles. The largest absolute Gasteiger partial charge is 0.340 e. The average Bonchev–Trinajstić information content (AvgIpc) is 2.86. The van der Waals surface area contributed by atoms with Crippen molar-refractivity contribution in [3.05, 3.63) is 16.6 Å². The van der Waals surface area contributed by atoms with Gasteiger partial charge in [-0.1, -0.05) is 13.3 Å². The Hall–Kier alpha value is -0.940. The lowest BCUT2D eigenvalue weighted by atomic mass is 9.96. The van der Waals surface area contributed by atoms with E-state index in [9.17, 15) is 4.79 Å². The number of nitrogens with zero attached hydrogens (tertiary/aromatic N) is 2. The maximum atomic E-state index is 12.0. The second kappa shape index (κ2) is 8.21. The first kappa shape index (κ1) is 15.1. The second-order valence-corrected chi connectivity index (χ2v) is 5.34. The lowest BCUT2D eigenvalue weighted by Gasteiger charge is -2.18. The summed E-state index contributed by atoms with van der Waals surface area (Å²) >= 11 is 1.56. The van der Waals surface area contributed by atoms with E-state index in [-0.39, 0.29) is 5.91 Å². The molecule has 0 saturated heterocycles. The zero-order valence-corrected chi connectivity index (χ0v) is 12.1. The Morgan fingerprint density at radius 1 is 1.56 bits per heavy atom. The summed E-state index contributed by atoms with van der Waals surface area (Å²) in [4.78, 5) is 17.9. The number of aromatic nitrogens is 1. The van der Waals surface area contributed by atoms with Crippen molar-refractivity contribution in [3.8, 4) is 0 Å². The molecule has 1 rings (SSSR count). The molecule has 1 aromatic heterocycles. The maximum Gasteiger partial charge on any atom is 0.222 e. The van der Waals surface area contributed by atoms with Crippen LogP contribution in [0.4, 0.5) is 0 Å². The first-order valence-electron chi connectivity index (χ1n) is 6.48. The van der Waals surface area contributed by atoms with E-state index in [4.69, 9.17) is 5.73 Å². The van der Waals surface area contributed by atoms with E-state index in [0.717, 1.165) is 25.0 Å². The van der Waals surface area contributed by atoms with Gasteiger partial charge in [-0.05, 0) is 25.3 Å². The van der Waals surface area contributed by atoms with Crippen molar-refractivity contribution in [2.24, 2.45) is 11.7 Å². The molecule has 1 amide bonds. The minimum atomic E-state index is 0.193. The van der Waals surface area contributed by atoms with Crippen LogP contribution in [0.3, 0.4) is 0 Å². The van der Waals surface area contributed by atoms with Gasteiger partial charge in [0.15, 0.2) is 0 Å². The highest BCUT2D eigenvalue weighted by atomic mass is 32.1. The van der Waals surface area contributed by atoms with Gasteiger partial charge < -0.3 is 10.6 Å².